The van der Waals surface area contributed by atoms with Crippen molar-refractivity contribution < 1.29 is 8.42 Å². The lowest BCUT2D eigenvalue weighted by atomic mass is 10.3. The molecule has 0 aromatic heterocycles. The minimum Gasteiger partial charge on any atom is -0.380 e. The molecule has 1 aromatic rings. The van der Waals surface area contributed by atoms with E-state index in [4.69, 9.17) is 11.6 Å². The van der Waals surface area contributed by atoms with E-state index in [1.54, 1.807) is 24.3 Å². The van der Waals surface area contributed by atoms with Crippen LogP contribution in [0.2, 0.25) is 0 Å². The zero-order chi connectivity index (χ0) is 12.9. The van der Waals surface area contributed by atoms with Gasteiger partial charge in [0.2, 0.25) is 0 Å². The summed E-state index contributed by atoms with van der Waals surface area (Å²) in [7, 11) is -3.13. The first kappa shape index (κ1) is 14.1. The highest BCUT2D eigenvalue weighted by atomic mass is 35.5. The van der Waals surface area contributed by atoms with Gasteiger partial charge in [-0.3, -0.25) is 0 Å². The summed E-state index contributed by atoms with van der Waals surface area (Å²) in [5.41, 5.74) is 0.822. The third-order valence-corrected chi connectivity index (χ3v) is 4.24. The molecular formula is C12H16ClNO2S. The third-order valence-electron chi connectivity index (χ3n) is 2.17. The molecule has 17 heavy (non-hydrogen) atoms. The summed E-state index contributed by atoms with van der Waals surface area (Å²) < 4.78 is 23.5. The molecule has 1 N–H and O–H groups in total. The fourth-order valence-corrected chi connectivity index (χ4v) is 2.76. The van der Waals surface area contributed by atoms with Crippen LogP contribution in [0.4, 0.5) is 5.69 Å². The summed E-state index contributed by atoms with van der Waals surface area (Å²) in [5.74, 6) is 0.179. The first-order valence-electron chi connectivity index (χ1n) is 5.35. The van der Waals surface area contributed by atoms with Crippen LogP contribution in [0.15, 0.2) is 40.8 Å². The van der Waals surface area contributed by atoms with Crippen LogP contribution in [-0.2, 0) is 9.84 Å². The highest BCUT2D eigenvalue weighted by Gasteiger charge is 2.12. The second-order valence-electron chi connectivity index (χ2n) is 3.71. The lowest BCUT2D eigenvalue weighted by molar-refractivity contribution is 0.595. The molecule has 5 heteroatoms. The molecule has 0 bridgehead atoms. The average Bonchev–Trinajstić information content (AvgIpc) is 2.27. The van der Waals surface area contributed by atoms with Crippen LogP contribution in [-0.4, -0.2) is 20.7 Å². The molecule has 0 amide bonds. The fourth-order valence-electron chi connectivity index (χ4n) is 1.36. The summed E-state index contributed by atoms with van der Waals surface area (Å²) in [6, 6.07) is 6.65. The van der Waals surface area contributed by atoms with Crippen LogP contribution >= 0.6 is 11.6 Å². The smallest absolute Gasteiger partial charge is 0.178 e. The van der Waals surface area contributed by atoms with Crippen molar-refractivity contribution in [3.05, 3.63) is 35.9 Å². The van der Waals surface area contributed by atoms with E-state index in [9.17, 15) is 8.42 Å². The number of halogens is 1. The molecule has 0 saturated carbocycles. The lowest BCUT2D eigenvalue weighted by Crippen LogP contribution is -2.06. The highest BCUT2D eigenvalue weighted by Crippen LogP contribution is 2.16. The minimum atomic E-state index is -3.13. The van der Waals surface area contributed by atoms with Crippen molar-refractivity contribution in [1.29, 1.82) is 0 Å². The summed E-state index contributed by atoms with van der Waals surface area (Å²) in [4.78, 5) is 0.356. The predicted octanol–water partition coefficient (Wildman–Crippen LogP) is 3.03. The van der Waals surface area contributed by atoms with Gasteiger partial charge in [-0.1, -0.05) is 25.1 Å². The van der Waals surface area contributed by atoms with E-state index in [-0.39, 0.29) is 5.75 Å². The molecular weight excluding hydrogens is 258 g/mol. The fraction of sp³-hybridized carbons (Fsp3) is 0.333. The molecule has 0 fully saturated rings. The van der Waals surface area contributed by atoms with Crippen molar-refractivity contribution in [2.75, 3.05) is 17.6 Å². The molecule has 0 heterocycles. The Labute approximate surface area is 107 Å². The maximum absolute atomic E-state index is 11.8. The van der Waals surface area contributed by atoms with Gasteiger partial charge in [-0.05, 0) is 30.7 Å². The monoisotopic (exact) mass is 273 g/mol. The molecule has 1 aromatic carbocycles. The van der Waals surface area contributed by atoms with Gasteiger partial charge < -0.3 is 5.32 Å². The Bertz CT molecular complexity index is 480. The van der Waals surface area contributed by atoms with Gasteiger partial charge in [0.05, 0.1) is 17.2 Å². The molecule has 94 valence electrons. The number of sulfone groups is 1. The summed E-state index contributed by atoms with van der Waals surface area (Å²) in [6.45, 7) is 5.87. The van der Waals surface area contributed by atoms with Crippen molar-refractivity contribution in [3.8, 4) is 0 Å². The Kier molecular flexibility index (Phi) is 5.02. The van der Waals surface area contributed by atoms with Gasteiger partial charge >= 0.3 is 0 Å². The standard InChI is InChI=1S/C12H16ClNO2S/c1-3-8-17(15,16)12-6-4-11(5-7-12)14-9-10(2)13/h4-7,14H,2-3,8-9H2,1H3. The molecule has 0 aliphatic rings. The largest absolute Gasteiger partial charge is 0.380 e. The normalized spacial score (nSPS) is 11.2. The highest BCUT2D eigenvalue weighted by molar-refractivity contribution is 7.91. The lowest BCUT2D eigenvalue weighted by Gasteiger charge is -2.07. The van der Waals surface area contributed by atoms with Crippen LogP contribution in [0.1, 0.15) is 13.3 Å². The van der Waals surface area contributed by atoms with Crippen molar-refractivity contribution in [3.63, 3.8) is 0 Å². The number of benzene rings is 1. The van der Waals surface area contributed by atoms with Crippen molar-refractivity contribution >= 4 is 27.1 Å². The van der Waals surface area contributed by atoms with E-state index in [2.05, 4.69) is 11.9 Å². The molecule has 0 unspecified atom stereocenters. The topological polar surface area (TPSA) is 46.2 Å². The van der Waals surface area contributed by atoms with Gasteiger partial charge in [0.15, 0.2) is 9.84 Å². The third kappa shape index (κ3) is 4.40. The zero-order valence-corrected chi connectivity index (χ0v) is 11.3. The summed E-state index contributed by atoms with van der Waals surface area (Å²) >= 11 is 5.62. The molecule has 0 aliphatic carbocycles. The maximum atomic E-state index is 11.8. The number of rotatable bonds is 6. The first-order valence-corrected chi connectivity index (χ1v) is 7.38. The average molecular weight is 274 g/mol. The van der Waals surface area contributed by atoms with Gasteiger partial charge in [0.25, 0.3) is 0 Å². The van der Waals surface area contributed by atoms with Crippen LogP contribution < -0.4 is 5.32 Å². The number of hydrogen-bond donors (Lipinski definition) is 1. The van der Waals surface area contributed by atoms with Gasteiger partial charge in [0.1, 0.15) is 0 Å². The van der Waals surface area contributed by atoms with Crippen LogP contribution in [0.25, 0.3) is 0 Å². The maximum Gasteiger partial charge on any atom is 0.178 e. The minimum absolute atomic E-state index is 0.179. The molecule has 0 atom stereocenters. The van der Waals surface area contributed by atoms with Gasteiger partial charge in [-0.25, -0.2) is 8.42 Å². The molecule has 3 nitrogen and oxygen atoms in total. The molecule has 0 aliphatic heterocycles. The van der Waals surface area contributed by atoms with Crippen molar-refractivity contribution in [2.45, 2.75) is 18.2 Å². The summed E-state index contributed by atoms with van der Waals surface area (Å²) in [5, 5.41) is 3.54. The van der Waals surface area contributed by atoms with Crippen LogP contribution in [0.3, 0.4) is 0 Å². The van der Waals surface area contributed by atoms with E-state index in [0.29, 0.717) is 22.9 Å². The SMILES string of the molecule is C=C(Cl)CNc1ccc(S(=O)(=O)CCC)cc1. The zero-order valence-electron chi connectivity index (χ0n) is 9.74. The molecule has 0 spiro atoms. The van der Waals surface area contributed by atoms with Gasteiger partial charge in [0, 0.05) is 10.7 Å². The van der Waals surface area contributed by atoms with E-state index >= 15 is 0 Å². The van der Waals surface area contributed by atoms with E-state index in [1.165, 1.54) is 0 Å². The predicted molar refractivity (Wildman–Crippen MR) is 72.3 cm³/mol. The van der Waals surface area contributed by atoms with E-state index < -0.39 is 9.84 Å². The number of nitrogens with one attached hydrogen (secondary N) is 1. The van der Waals surface area contributed by atoms with Gasteiger partial charge in [-0.15, -0.1) is 0 Å². The molecule has 0 radical (unpaired) electrons. The second kappa shape index (κ2) is 6.07. The van der Waals surface area contributed by atoms with Gasteiger partial charge in [-0.2, -0.15) is 0 Å². The molecule has 0 saturated heterocycles. The Morgan fingerprint density at radius 2 is 1.94 bits per heavy atom. The van der Waals surface area contributed by atoms with E-state index in [1.807, 2.05) is 6.92 Å². The van der Waals surface area contributed by atoms with E-state index in [0.717, 1.165) is 5.69 Å². The Morgan fingerprint density at radius 1 is 1.35 bits per heavy atom. The van der Waals surface area contributed by atoms with Crippen molar-refractivity contribution in [2.24, 2.45) is 0 Å². The molecule has 1 rings (SSSR count). The quantitative estimate of drug-likeness (QED) is 0.867. The Morgan fingerprint density at radius 3 is 2.41 bits per heavy atom. The Hall–Kier alpha value is -1.00. The van der Waals surface area contributed by atoms with Crippen LogP contribution in [0, 0.1) is 0 Å². The summed E-state index contributed by atoms with van der Waals surface area (Å²) in [6.07, 6.45) is 0.619. The number of hydrogen-bond acceptors (Lipinski definition) is 3. The Balaban J connectivity index is 2.78. The number of anilines is 1. The van der Waals surface area contributed by atoms with Crippen LogP contribution in [0.5, 0.6) is 0 Å². The van der Waals surface area contributed by atoms with Crippen molar-refractivity contribution in [1.82, 2.24) is 0 Å². The second-order valence-corrected chi connectivity index (χ2v) is 6.36. The first-order chi connectivity index (χ1) is 7.95.